The molecule has 2 N–H and O–H groups in total. The van der Waals surface area contributed by atoms with Crippen LogP contribution < -0.4 is 5.73 Å². The molecule has 5 heteroatoms. The number of carbonyl (C=O) groups excluding carboxylic acids is 1. The van der Waals surface area contributed by atoms with E-state index in [1.807, 2.05) is 22.6 Å². The lowest BCUT2D eigenvalue weighted by molar-refractivity contribution is 0.0729. The van der Waals surface area contributed by atoms with E-state index in [-0.39, 0.29) is 5.91 Å². The highest BCUT2D eigenvalue weighted by molar-refractivity contribution is 5.93. The number of hydrogen-bond donors (Lipinski definition) is 1. The van der Waals surface area contributed by atoms with Gasteiger partial charge in [-0.2, -0.15) is 5.10 Å². The van der Waals surface area contributed by atoms with Crippen LogP contribution in [0.2, 0.25) is 0 Å². The van der Waals surface area contributed by atoms with Gasteiger partial charge in [-0.1, -0.05) is 6.92 Å². The van der Waals surface area contributed by atoms with Gasteiger partial charge in [-0.3, -0.25) is 9.48 Å². The van der Waals surface area contributed by atoms with Crippen LogP contribution in [-0.4, -0.2) is 39.7 Å². The predicted octanol–water partition coefficient (Wildman–Crippen LogP) is 1.42. The molecule has 1 aromatic rings. The first-order chi connectivity index (χ1) is 9.21. The van der Waals surface area contributed by atoms with Crippen LogP contribution in [0.15, 0.2) is 6.07 Å². The minimum absolute atomic E-state index is 0.116. The highest BCUT2D eigenvalue weighted by atomic mass is 16.2. The van der Waals surface area contributed by atoms with Crippen LogP contribution in [0.4, 0.5) is 0 Å². The fourth-order valence-corrected chi connectivity index (χ4v) is 2.30. The Kier molecular flexibility index (Phi) is 4.58. The summed E-state index contributed by atoms with van der Waals surface area (Å²) in [5, 5.41) is 4.46. The molecule has 0 aliphatic heterocycles. The lowest BCUT2D eigenvalue weighted by atomic mass is 10.2. The van der Waals surface area contributed by atoms with Crippen LogP contribution in [0.3, 0.4) is 0 Å². The number of aryl methyl sites for hydroxylation is 2. The molecule has 1 saturated carbocycles. The van der Waals surface area contributed by atoms with Crippen LogP contribution in [0.25, 0.3) is 0 Å². The summed E-state index contributed by atoms with van der Waals surface area (Å²) in [5.41, 5.74) is 7.27. The summed E-state index contributed by atoms with van der Waals surface area (Å²) in [5.74, 6) is 0.116. The summed E-state index contributed by atoms with van der Waals surface area (Å²) in [6, 6.07) is 2.35. The van der Waals surface area contributed by atoms with Crippen LogP contribution in [0, 0.1) is 0 Å². The molecule has 5 nitrogen and oxygen atoms in total. The number of amides is 1. The maximum Gasteiger partial charge on any atom is 0.272 e. The van der Waals surface area contributed by atoms with Gasteiger partial charge in [-0.25, -0.2) is 0 Å². The second-order valence-corrected chi connectivity index (χ2v) is 5.06. The molecule has 0 saturated heterocycles. The largest absolute Gasteiger partial charge is 0.334 e. The highest BCUT2D eigenvalue weighted by Gasteiger charge is 2.33. The summed E-state index contributed by atoms with van der Waals surface area (Å²) < 4.78 is 1.82. The second kappa shape index (κ2) is 6.19. The fourth-order valence-electron chi connectivity index (χ4n) is 2.30. The summed E-state index contributed by atoms with van der Waals surface area (Å²) >= 11 is 0. The van der Waals surface area contributed by atoms with Crippen LogP contribution >= 0.6 is 0 Å². The van der Waals surface area contributed by atoms with E-state index in [2.05, 4.69) is 12.0 Å². The van der Waals surface area contributed by atoms with Crippen molar-refractivity contribution in [2.24, 2.45) is 5.73 Å². The van der Waals surface area contributed by atoms with Gasteiger partial charge in [0.1, 0.15) is 5.69 Å². The van der Waals surface area contributed by atoms with Crippen molar-refractivity contribution in [3.63, 3.8) is 0 Å². The van der Waals surface area contributed by atoms with Crippen molar-refractivity contribution in [2.45, 2.75) is 52.1 Å². The fraction of sp³-hybridized carbons (Fsp3) is 0.714. The van der Waals surface area contributed by atoms with Crippen LogP contribution in [0.5, 0.6) is 0 Å². The highest BCUT2D eigenvalue weighted by Crippen LogP contribution is 2.28. The Morgan fingerprint density at radius 2 is 2.26 bits per heavy atom. The Bertz CT molecular complexity index is 437. The molecule has 0 spiro atoms. The first-order valence-electron chi connectivity index (χ1n) is 7.29. The van der Waals surface area contributed by atoms with E-state index in [9.17, 15) is 4.79 Å². The van der Waals surface area contributed by atoms with E-state index in [0.29, 0.717) is 12.6 Å². The third-order valence-corrected chi connectivity index (χ3v) is 3.56. The van der Waals surface area contributed by atoms with E-state index in [1.165, 1.54) is 0 Å². The Hall–Kier alpha value is -1.36. The molecule has 0 radical (unpaired) electrons. The lowest BCUT2D eigenvalue weighted by Crippen LogP contribution is -2.36. The van der Waals surface area contributed by atoms with E-state index >= 15 is 0 Å². The molecule has 1 aromatic heterocycles. The maximum absolute atomic E-state index is 12.7. The Morgan fingerprint density at radius 1 is 1.53 bits per heavy atom. The van der Waals surface area contributed by atoms with Crippen molar-refractivity contribution in [3.8, 4) is 0 Å². The van der Waals surface area contributed by atoms with Crippen molar-refractivity contribution in [1.29, 1.82) is 0 Å². The molecular weight excluding hydrogens is 240 g/mol. The maximum atomic E-state index is 12.7. The quantitative estimate of drug-likeness (QED) is 0.810. The zero-order valence-corrected chi connectivity index (χ0v) is 11.9. The zero-order valence-electron chi connectivity index (χ0n) is 11.9. The minimum atomic E-state index is 0.116. The molecule has 0 aromatic carbocycles. The Morgan fingerprint density at radius 3 is 2.79 bits per heavy atom. The van der Waals surface area contributed by atoms with Crippen LogP contribution in [-0.2, 0) is 13.0 Å². The Labute approximate surface area is 114 Å². The summed E-state index contributed by atoms with van der Waals surface area (Å²) in [4.78, 5) is 14.6. The van der Waals surface area contributed by atoms with Gasteiger partial charge in [0.25, 0.3) is 5.91 Å². The predicted molar refractivity (Wildman–Crippen MR) is 75.0 cm³/mol. The smallest absolute Gasteiger partial charge is 0.272 e. The Balaban J connectivity index is 2.17. The number of nitrogens with two attached hydrogens (primary N) is 1. The number of nitrogens with zero attached hydrogens (tertiary/aromatic N) is 3. The molecule has 106 valence electrons. The van der Waals surface area contributed by atoms with Gasteiger partial charge in [0, 0.05) is 19.1 Å². The van der Waals surface area contributed by atoms with E-state index in [1.54, 1.807) is 0 Å². The van der Waals surface area contributed by atoms with E-state index < -0.39 is 0 Å². The molecule has 1 aliphatic carbocycles. The van der Waals surface area contributed by atoms with Crippen molar-refractivity contribution >= 4 is 5.91 Å². The van der Waals surface area contributed by atoms with E-state index in [4.69, 9.17) is 5.73 Å². The van der Waals surface area contributed by atoms with Crippen LogP contribution in [0.1, 0.15) is 49.3 Å². The topological polar surface area (TPSA) is 64.2 Å². The summed E-state index contributed by atoms with van der Waals surface area (Å²) in [6.45, 7) is 6.20. The number of hydrogen-bond acceptors (Lipinski definition) is 3. The van der Waals surface area contributed by atoms with Gasteiger partial charge < -0.3 is 10.6 Å². The summed E-state index contributed by atoms with van der Waals surface area (Å²) in [6.07, 6.45) is 3.97. The molecule has 1 heterocycles. The number of carbonyl (C=O) groups is 1. The normalized spacial score (nSPS) is 14.7. The van der Waals surface area contributed by atoms with Crippen molar-refractivity contribution in [1.82, 2.24) is 14.7 Å². The molecule has 1 amide bonds. The van der Waals surface area contributed by atoms with Gasteiger partial charge >= 0.3 is 0 Å². The van der Waals surface area contributed by atoms with Crippen molar-refractivity contribution < 1.29 is 4.79 Å². The first-order valence-corrected chi connectivity index (χ1v) is 7.29. The van der Waals surface area contributed by atoms with Gasteiger partial charge in [0.15, 0.2) is 0 Å². The lowest BCUT2D eigenvalue weighted by Gasteiger charge is -2.22. The number of rotatable bonds is 7. The van der Waals surface area contributed by atoms with Gasteiger partial charge in [0.05, 0.1) is 5.69 Å². The average Bonchev–Trinajstić information content (AvgIpc) is 3.17. The standard InChI is InChI=1S/C14H24N4O/c1-3-11-10-13(18(4-2)16-11)14(19)17(9-5-8-15)12-6-7-12/h10,12H,3-9,15H2,1-2H3. The van der Waals surface area contributed by atoms with Gasteiger partial charge in [0.2, 0.25) is 0 Å². The third-order valence-electron chi connectivity index (χ3n) is 3.56. The second-order valence-electron chi connectivity index (χ2n) is 5.06. The monoisotopic (exact) mass is 264 g/mol. The van der Waals surface area contributed by atoms with Crippen molar-refractivity contribution in [2.75, 3.05) is 13.1 Å². The third kappa shape index (κ3) is 3.15. The molecule has 19 heavy (non-hydrogen) atoms. The zero-order chi connectivity index (χ0) is 13.8. The minimum Gasteiger partial charge on any atom is -0.334 e. The van der Waals surface area contributed by atoms with Gasteiger partial charge in [-0.05, 0) is 45.2 Å². The summed E-state index contributed by atoms with van der Waals surface area (Å²) in [7, 11) is 0. The molecule has 1 fully saturated rings. The molecular formula is C14H24N4O. The van der Waals surface area contributed by atoms with Crippen molar-refractivity contribution in [3.05, 3.63) is 17.5 Å². The molecule has 0 bridgehead atoms. The molecule has 1 aliphatic rings. The average molecular weight is 264 g/mol. The van der Waals surface area contributed by atoms with Gasteiger partial charge in [-0.15, -0.1) is 0 Å². The SMILES string of the molecule is CCc1cc(C(=O)N(CCCN)C2CC2)n(CC)n1. The van der Waals surface area contributed by atoms with E-state index in [0.717, 1.165) is 50.2 Å². The number of aromatic nitrogens is 2. The molecule has 2 rings (SSSR count). The molecule has 0 unspecified atom stereocenters. The first kappa shape index (κ1) is 14.1. The molecule has 0 atom stereocenters.